The summed E-state index contributed by atoms with van der Waals surface area (Å²) in [5.74, 6) is -3.73. The quantitative estimate of drug-likeness (QED) is 0.520. The van der Waals surface area contributed by atoms with Crippen LogP contribution in [0.15, 0.2) is 64.2 Å². The number of carbonyl (C=O) groups excluding carboxylic acids is 2. The van der Waals surface area contributed by atoms with Crippen LogP contribution in [0.5, 0.6) is 5.75 Å². The molecule has 2 amide bonds. The number of amides is 2. The highest BCUT2D eigenvalue weighted by Gasteiger charge is 2.68. The molecular formula is C22H17F3N4O5. The van der Waals surface area contributed by atoms with Crippen molar-refractivity contribution in [1.82, 2.24) is 14.9 Å². The molecule has 0 fully saturated rings. The van der Waals surface area contributed by atoms with Gasteiger partial charge in [0.1, 0.15) is 17.1 Å². The number of hydrogen-bond donors (Lipinski definition) is 3. The largest absolute Gasteiger partial charge is 0.496 e. The number of fused-ring (bicyclic) bond motifs is 1. The minimum absolute atomic E-state index is 0.0427. The van der Waals surface area contributed by atoms with Crippen molar-refractivity contribution in [2.45, 2.75) is 18.3 Å². The van der Waals surface area contributed by atoms with Crippen LogP contribution in [0.25, 0.3) is 0 Å². The van der Waals surface area contributed by atoms with Crippen molar-refractivity contribution in [3.05, 3.63) is 92.1 Å². The van der Waals surface area contributed by atoms with Gasteiger partial charge in [-0.05, 0) is 17.7 Å². The van der Waals surface area contributed by atoms with E-state index in [1.165, 1.54) is 31.4 Å². The first-order valence-corrected chi connectivity index (χ1v) is 9.85. The van der Waals surface area contributed by atoms with Gasteiger partial charge in [0.25, 0.3) is 22.9 Å². The third kappa shape index (κ3) is 3.52. The number of alkyl halides is 3. The second kappa shape index (κ2) is 8.21. The Hall–Kier alpha value is -4.35. The van der Waals surface area contributed by atoms with Gasteiger partial charge in [-0.15, -0.1) is 0 Å². The molecule has 0 saturated carbocycles. The van der Waals surface area contributed by atoms with Crippen molar-refractivity contribution in [3.8, 4) is 5.75 Å². The standard InChI is InChI=1S/C22H17F3N4O5/c1-34-14-10-6-5-9-13(14)17(30)28-21(22(23,24)25)15-16(26-19(21)32)29(20(33)27-18(15)31)11-12-7-3-2-4-8-12/h2-10H,11H2,1H3,(H,26,32)(H,28,30)(H,27,31,33)/t21-/m0/s1. The van der Waals surface area contributed by atoms with Gasteiger partial charge in [-0.3, -0.25) is 23.9 Å². The summed E-state index contributed by atoms with van der Waals surface area (Å²) in [6, 6.07) is 13.7. The molecule has 3 aromatic rings. The summed E-state index contributed by atoms with van der Waals surface area (Å²) >= 11 is 0. The van der Waals surface area contributed by atoms with E-state index in [2.05, 4.69) is 0 Å². The smallest absolute Gasteiger partial charge is 0.425 e. The molecular weight excluding hydrogens is 457 g/mol. The summed E-state index contributed by atoms with van der Waals surface area (Å²) in [6.45, 7) is -0.243. The van der Waals surface area contributed by atoms with Gasteiger partial charge >= 0.3 is 11.9 Å². The second-order valence-electron chi connectivity index (χ2n) is 7.41. The lowest BCUT2D eigenvalue weighted by atomic mass is 9.91. The molecule has 176 valence electrons. The zero-order chi connectivity index (χ0) is 24.7. The molecule has 1 aromatic heterocycles. The summed E-state index contributed by atoms with van der Waals surface area (Å²) in [7, 11) is 1.22. The van der Waals surface area contributed by atoms with E-state index in [9.17, 15) is 32.3 Å². The van der Waals surface area contributed by atoms with Gasteiger partial charge in [-0.25, -0.2) is 4.79 Å². The summed E-state index contributed by atoms with van der Waals surface area (Å²) in [5.41, 5.74) is -7.13. The zero-order valence-electron chi connectivity index (χ0n) is 17.5. The van der Waals surface area contributed by atoms with Crippen LogP contribution in [0.1, 0.15) is 21.5 Å². The van der Waals surface area contributed by atoms with Crippen molar-refractivity contribution in [2.75, 3.05) is 12.4 Å². The van der Waals surface area contributed by atoms with Crippen LogP contribution in [-0.4, -0.2) is 34.7 Å². The highest BCUT2D eigenvalue weighted by Crippen LogP contribution is 2.45. The average Bonchev–Trinajstić information content (AvgIpc) is 3.10. The maximum Gasteiger partial charge on any atom is 0.425 e. The number of carbonyl (C=O) groups is 2. The van der Waals surface area contributed by atoms with Gasteiger partial charge in [-0.1, -0.05) is 42.5 Å². The Morgan fingerprint density at radius 3 is 2.35 bits per heavy atom. The van der Waals surface area contributed by atoms with Crippen LogP contribution in [0, 0.1) is 0 Å². The predicted octanol–water partition coefficient (Wildman–Crippen LogP) is 1.73. The van der Waals surface area contributed by atoms with E-state index < -0.39 is 46.2 Å². The van der Waals surface area contributed by atoms with Gasteiger partial charge in [-0.2, -0.15) is 13.2 Å². The summed E-state index contributed by atoms with van der Waals surface area (Å²) in [6.07, 6.45) is -5.44. The number of nitrogens with one attached hydrogen (secondary N) is 3. The van der Waals surface area contributed by atoms with E-state index in [1.807, 2.05) is 10.3 Å². The number of anilines is 1. The maximum absolute atomic E-state index is 14.5. The fraction of sp³-hybridized carbons (Fsp3) is 0.182. The van der Waals surface area contributed by atoms with Crippen molar-refractivity contribution in [2.24, 2.45) is 0 Å². The van der Waals surface area contributed by atoms with Crippen LogP contribution in [-0.2, 0) is 16.9 Å². The molecule has 0 unspecified atom stereocenters. The minimum atomic E-state index is -5.44. The van der Waals surface area contributed by atoms with Crippen LogP contribution in [0.3, 0.4) is 0 Å². The van der Waals surface area contributed by atoms with Gasteiger partial charge in [0.05, 0.1) is 19.2 Å². The normalized spacial score (nSPS) is 17.1. The van der Waals surface area contributed by atoms with Crippen LogP contribution < -0.4 is 26.6 Å². The molecule has 12 heteroatoms. The van der Waals surface area contributed by atoms with E-state index in [0.717, 1.165) is 4.57 Å². The van der Waals surface area contributed by atoms with Crippen molar-refractivity contribution in [1.29, 1.82) is 0 Å². The third-order valence-electron chi connectivity index (χ3n) is 5.41. The molecule has 0 saturated heterocycles. The molecule has 0 bridgehead atoms. The molecule has 4 rings (SSSR count). The van der Waals surface area contributed by atoms with E-state index in [0.29, 0.717) is 5.56 Å². The number of hydrogen-bond acceptors (Lipinski definition) is 5. The molecule has 34 heavy (non-hydrogen) atoms. The molecule has 9 nitrogen and oxygen atoms in total. The Kier molecular flexibility index (Phi) is 5.51. The highest BCUT2D eigenvalue weighted by molar-refractivity contribution is 6.09. The molecule has 3 N–H and O–H groups in total. The molecule has 1 aliphatic rings. The summed E-state index contributed by atoms with van der Waals surface area (Å²) < 4.78 is 49.3. The topological polar surface area (TPSA) is 122 Å². The van der Waals surface area contributed by atoms with Crippen LogP contribution in [0.4, 0.5) is 19.0 Å². The fourth-order valence-electron chi connectivity index (χ4n) is 3.81. The van der Waals surface area contributed by atoms with Gasteiger partial charge < -0.3 is 15.4 Å². The van der Waals surface area contributed by atoms with Crippen molar-refractivity contribution < 1.29 is 27.5 Å². The highest BCUT2D eigenvalue weighted by atomic mass is 19.4. The average molecular weight is 474 g/mol. The van der Waals surface area contributed by atoms with Crippen LogP contribution >= 0.6 is 0 Å². The van der Waals surface area contributed by atoms with Crippen molar-refractivity contribution >= 4 is 17.6 Å². The molecule has 1 atom stereocenters. The lowest BCUT2D eigenvalue weighted by Gasteiger charge is -2.30. The number of nitrogens with zero attached hydrogens (tertiary/aromatic N) is 1. The maximum atomic E-state index is 14.5. The van der Waals surface area contributed by atoms with Gasteiger partial charge in [0.2, 0.25) is 0 Å². The Balaban J connectivity index is 1.91. The minimum Gasteiger partial charge on any atom is -0.496 e. The Morgan fingerprint density at radius 1 is 1.06 bits per heavy atom. The first-order chi connectivity index (χ1) is 16.1. The van der Waals surface area contributed by atoms with E-state index in [4.69, 9.17) is 4.74 Å². The van der Waals surface area contributed by atoms with E-state index in [1.54, 1.807) is 35.6 Å². The molecule has 0 spiro atoms. The number of aromatic nitrogens is 2. The number of aromatic amines is 1. The first kappa shape index (κ1) is 22.8. The fourth-order valence-corrected chi connectivity index (χ4v) is 3.81. The van der Waals surface area contributed by atoms with Crippen molar-refractivity contribution in [3.63, 3.8) is 0 Å². The van der Waals surface area contributed by atoms with Gasteiger partial charge in [0, 0.05) is 0 Å². The Bertz CT molecular complexity index is 1400. The third-order valence-corrected chi connectivity index (χ3v) is 5.41. The first-order valence-electron chi connectivity index (χ1n) is 9.85. The molecule has 2 aromatic carbocycles. The number of rotatable bonds is 5. The lowest BCUT2D eigenvalue weighted by molar-refractivity contribution is -0.196. The SMILES string of the molecule is COc1ccccc1C(=O)N[C@]1(C(F)(F)F)C(=O)Nc2c1c(=O)[nH]c(=O)n2Cc1ccccc1. The zero-order valence-corrected chi connectivity index (χ0v) is 17.5. The molecule has 1 aliphatic heterocycles. The number of methoxy groups -OCH3 is 1. The Labute approximate surface area is 189 Å². The molecule has 0 aliphatic carbocycles. The summed E-state index contributed by atoms with van der Waals surface area (Å²) in [4.78, 5) is 52.7. The number of benzene rings is 2. The van der Waals surface area contributed by atoms with Crippen LogP contribution in [0.2, 0.25) is 0 Å². The van der Waals surface area contributed by atoms with Gasteiger partial charge in [0.15, 0.2) is 0 Å². The predicted molar refractivity (Wildman–Crippen MR) is 114 cm³/mol. The number of halogens is 3. The van der Waals surface area contributed by atoms with E-state index in [-0.39, 0.29) is 17.9 Å². The molecule has 2 heterocycles. The number of ether oxygens (including phenoxy) is 1. The lowest BCUT2D eigenvalue weighted by Crippen LogP contribution is -2.62. The molecule has 0 radical (unpaired) electrons. The number of H-pyrrole nitrogens is 1. The summed E-state index contributed by atoms with van der Waals surface area (Å²) in [5, 5.41) is 3.68. The Morgan fingerprint density at radius 2 is 1.71 bits per heavy atom. The number of para-hydroxylation sites is 1. The monoisotopic (exact) mass is 474 g/mol. The second-order valence-corrected chi connectivity index (χ2v) is 7.41. The van der Waals surface area contributed by atoms with E-state index >= 15 is 0 Å².